The summed E-state index contributed by atoms with van der Waals surface area (Å²) in [6.45, 7) is 0. The van der Waals surface area contributed by atoms with E-state index in [4.69, 9.17) is 0 Å². The van der Waals surface area contributed by atoms with Crippen LogP contribution in [0.4, 0.5) is 22.7 Å². The Hall–Kier alpha value is -6.37. The van der Waals surface area contributed by atoms with Crippen LogP contribution in [0.15, 0.2) is 91.0 Å². The number of benzene rings is 4. The smallest absolute Gasteiger partial charge is 0.335 e. The molecule has 5 N–H and O–H groups in total. The van der Waals surface area contributed by atoms with Gasteiger partial charge in [-0.3, -0.25) is 24.5 Å². The number of carbonyl (C=O) groups is 5. The molecule has 0 fully saturated rings. The molecule has 13 heteroatoms. The average Bonchev–Trinajstić information content (AvgIpc) is 2.97. The predicted octanol–water partition coefficient (Wildman–Crippen LogP) is 4.75. The van der Waals surface area contributed by atoms with Gasteiger partial charge in [0.1, 0.15) is 0 Å². The van der Waals surface area contributed by atoms with Crippen LogP contribution < -0.4 is 16.0 Å². The van der Waals surface area contributed by atoms with Gasteiger partial charge >= 0.3 is 11.9 Å². The number of carboxylic acids is 2. The normalized spacial score (nSPS) is 10.3. The number of amides is 3. The molecule has 0 spiro atoms. The molecule has 0 saturated carbocycles. The minimum atomic E-state index is -1.20. The van der Waals surface area contributed by atoms with Gasteiger partial charge in [-0.25, -0.2) is 9.59 Å². The van der Waals surface area contributed by atoms with Crippen LogP contribution in [0.2, 0.25) is 0 Å². The summed E-state index contributed by atoms with van der Waals surface area (Å²) >= 11 is 0. The van der Waals surface area contributed by atoms with E-state index in [9.17, 15) is 44.3 Å². The average molecular weight is 568 g/mol. The Labute approximate surface area is 236 Å². The summed E-state index contributed by atoms with van der Waals surface area (Å²) < 4.78 is 0. The quantitative estimate of drug-likeness (QED) is 0.139. The van der Waals surface area contributed by atoms with Crippen LogP contribution in [0.3, 0.4) is 0 Å². The summed E-state index contributed by atoms with van der Waals surface area (Å²) in [5.74, 6) is -4.55. The van der Waals surface area contributed by atoms with Crippen molar-refractivity contribution in [3.8, 4) is 0 Å². The fourth-order valence-electron chi connectivity index (χ4n) is 3.77. The topological polar surface area (TPSA) is 205 Å². The van der Waals surface area contributed by atoms with Gasteiger partial charge in [0.05, 0.1) is 16.1 Å². The van der Waals surface area contributed by atoms with Crippen molar-refractivity contribution in [3.05, 3.63) is 129 Å². The van der Waals surface area contributed by atoms with Gasteiger partial charge in [-0.2, -0.15) is 0 Å². The lowest BCUT2D eigenvalue weighted by atomic mass is 10.1. The fraction of sp³-hybridized carbons (Fsp3) is 0. The Balaban J connectivity index is 1.66. The fourth-order valence-corrected chi connectivity index (χ4v) is 3.77. The van der Waals surface area contributed by atoms with E-state index in [-0.39, 0.29) is 50.6 Å². The number of rotatable bonds is 9. The molecule has 3 amide bonds. The van der Waals surface area contributed by atoms with Crippen LogP contribution in [-0.4, -0.2) is 44.8 Å². The second kappa shape index (κ2) is 12.2. The molecule has 0 aliphatic rings. The summed E-state index contributed by atoms with van der Waals surface area (Å²) in [5.41, 5.74) is -0.104. The van der Waals surface area contributed by atoms with E-state index >= 15 is 0 Å². The number of carbonyl (C=O) groups excluding carboxylic acids is 3. The Morgan fingerprint density at radius 3 is 1.36 bits per heavy atom. The maximum atomic E-state index is 13.1. The third-order valence-corrected chi connectivity index (χ3v) is 5.79. The SMILES string of the molecule is O=C(O)c1cccc(NC(=O)c2cc(NC(=O)c3ccc([N+](=O)[O-])cc3)cc(C(=O)Nc3cccc(C(=O)O)c3)c2)c1. The highest BCUT2D eigenvalue weighted by Gasteiger charge is 2.17. The van der Waals surface area contributed by atoms with Gasteiger partial charge in [0, 0.05) is 45.9 Å². The Bertz CT molecular complexity index is 1660. The summed E-state index contributed by atoms with van der Waals surface area (Å²) in [6.07, 6.45) is 0. The van der Waals surface area contributed by atoms with Crippen molar-refractivity contribution in [1.29, 1.82) is 0 Å². The molecular formula is C29H20N4O9. The molecular weight excluding hydrogens is 548 g/mol. The lowest BCUT2D eigenvalue weighted by molar-refractivity contribution is -0.384. The maximum absolute atomic E-state index is 13.1. The van der Waals surface area contributed by atoms with Gasteiger partial charge in [-0.15, -0.1) is 0 Å². The van der Waals surface area contributed by atoms with Crippen LogP contribution in [0, 0.1) is 10.1 Å². The van der Waals surface area contributed by atoms with E-state index in [1.54, 1.807) is 0 Å². The molecule has 0 heterocycles. The molecule has 0 aliphatic heterocycles. The molecule has 0 aliphatic carbocycles. The van der Waals surface area contributed by atoms with Gasteiger partial charge in [0.25, 0.3) is 23.4 Å². The van der Waals surface area contributed by atoms with Crippen LogP contribution in [0.1, 0.15) is 51.8 Å². The van der Waals surface area contributed by atoms with Gasteiger partial charge in [0.15, 0.2) is 0 Å². The molecule has 0 radical (unpaired) electrons. The molecule has 0 saturated heterocycles. The summed E-state index contributed by atoms with van der Waals surface area (Å²) in [5, 5.41) is 37.0. The zero-order valence-corrected chi connectivity index (χ0v) is 21.4. The first kappa shape index (κ1) is 28.6. The number of nitrogens with one attached hydrogen (secondary N) is 3. The van der Waals surface area contributed by atoms with Gasteiger partial charge < -0.3 is 26.2 Å². The van der Waals surface area contributed by atoms with Gasteiger partial charge in [-0.05, 0) is 66.7 Å². The molecule has 42 heavy (non-hydrogen) atoms. The van der Waals surface area contributed by atoms with Crippen molar-refractivity contribution in [1.82, 2.24) is 0 Å². The first-order valence-corrected chi connectivity index (χ1v) is 12.0. The molecule has 0 atom stereocenters. The van der Waals surface area contributed by atoms with E-state index in [2.05, 4.69) is 16.0 Å². The number of hydrogen-bond acceptors (Lipinski definition) is 7. The summed E-state index contributed by atoms with van der Waals surface area (Å²) in [4.78, 5) is 72.0. The molecule has 4 rings (SSSR count). The van der Waals surface area contributed by atoms with Crippen molar-refractivity contribution in [2.75, 3.05) is 16.0 Å². The number of nitrogens with zero attached hydrogens (tertiary/aromatic N) is 1. The molecule has 0 bridgehead atoms. The van der Waals surface area contributed by atoms with Crippen molar-refractivity contribution >= 4 is 52.4 Å². The number of hydrogen-bond donors (Lipinski definition) is 5. The third-order valence-electron chi connectivity index (χ3n) is 5.79. The molecule has 4 aromatic rings. The Morgan fingerprint density at radius 2 is 0.929 bits per heavy atom. The second-order valence-electron chi connectivity index (χ2n) is 8.74. The van der Waals surface area contributed by atoms with E-state index in [0.717, 1.165) is 12.1 Å². The first-order valence-electron chi connectivity index (χ1n) is 12.0. The van der Waals surface area contributed by atoms with Crippen LogP contribution in [0.25, 0.3) is 0 Å². The number of non-ortho nitro benzene ring substituents is 1. The van der Waals surface area contributed by atoms with Crippen molar-refractivity contribution in [3.63, 3.8) is 0 Å². The van der Waals surface area contributed by atoms with E-state index in [1.165, 1.54) is 78.9 Å². The lowest BCUT2D eigenvalue weighted by Gasteiger charge is -2.13. The van der Waals surface area contributed by atoms with Crippen molar-refractivity contribution in [2.24, 2.45) is 0 Å². The molecule has 13 nitrogen and oxygen atoms in total. The van der Waals surface area contributed by atoms with Crippen molar-refractivity contribution < 1.29 is 39.1 Å². The minimum absolute atomic E-state index is 0.0229. The Morgan fingerprint density at radius 1 is 0.524 bits per heavy atom. The monoisotopic (exact) mass is 568 g/mol. The molecule has 210 valence electrons. The zero-order valence-electron chi connectivity index (χ0n) is 21.4. The van der Waals surface area contributed by atoms with Crippen LogP contribution in [0.5, 0.6) is 0 Å². The summed E-state index contributed by atoms with van der Waals surface area (Å²) in [7, 11) is 0. The number of nitro benzene ring substituents is 1. The minimum Gasteiger partial charge on any atom is -0.478 e. The first-order chi connectivity index (χ1) is 20.0. The lowest BCUT2D eigenvalue weighted by Crippen LogP contribution is -2.18. The van der Waals surface area contributed by atoms with E-state index in [1.807, 2.05) is 0 Å². The molecule has 4 aromatic carbocycles. The summed E-state index contributed by atoms with van der Waals surface area (Å²) in [6, 6.07) is 19.5. The molecule has 0 unspecified atom stereocenters. The van der Waals surface area contributed by atoms with Crippen LogP contribution in [-0.2, 0) is 0 Å². The highest BCUT2D eigenvalue weighted by molar-refractivity contribution is 6.12. The number of anilines is 3. The number of carboxylic acid groups (broad SMARTS) is 2. The zero-order chi connectivity index (χ0) is 30.4. The number of aromatic carboxylic acids is 2. The van der Waals surface area contributed by atoms with Crippen LogP contribution >= 0.6 is 0 Å². The maximum Gasteiger partial charge on any atom is 0.335 e. The highest BCUT2D eigenvalue weighted by atomic mass is 16.6. The Kier molecular flexibility index (Phi) is 8.33. The largest absolute Gasteiger partial charge is 0.478 e. The molecule has 0 aromatic heterocycles. The standard InChI is InChI=1S/C29H20N4O9/c34-25(16-7-9-24(10-8-16)33(41)42)32-23-14-19(26(35)30-21-5-1-3-17(12-21)28(37)38)11-20(15-23)27(36)31-22-6-2-4-18(13-22)29(39)40/h1-15H,(H,30,35)(H,31,36)(H,32,34)(H,37,38)(H,39,40). The van der Waals surface area contributed by atoms with Crippen molar-refractivity contribution in [2.45, 2.75) is 0 Å². The van der Waals surface area contributed by atoms with Gasteiger partial charge in [0.2, 0.25) is 0 Å². The highest BCUT2D eigenvalue weighted by Crippen LogP contribution is 2.21. The number of nitro groups is 1. The van der Waals surface area contributed by atoms with E-state index < -0.39 is 34.6 Å². The predicted molar refractivity (Wildman–Crippen MR) is 150 cm³/mol. The van der Waals surface area contributed by atoms with E-state index in [0.29, 0.717) is 0 Å². The van der Waals surface area contributed by atoms with Gasteiger partial charge in [-0.1, -0.05) is 12.1 Å². The third kappa shape index (κ3) is 6.98. The second-order valence-corrected chi connectivity index (χ2v) is 8.74.